The van der Waals surface area contributed by atoms with Gasteiger partial charge in [-0.2, -0.15) is 0 Å². The van der Waals surface area contributed by atoms with E-state index in [2.05, 4.69) is 46.1 Å². The topological polar surface area (TPSA) is 79.9 Å². The van der Waals surface area contributed by atoms with E-state index in [1.54, 1.807) is 30.0 Å². The Bertz CT molecular complexity index is 960. The van der Waals surface area contributed by atoms with Gasteiger partial charge in [-0.3, -0.25) is 14.5 Å². The van der Waals surface area contributed by atoms with Gasteiger partial charge < -0.3 is 20.1 Å². The Morgan fingerprint density at radius 2 is 1.78 bits per heavy atom. The minimum atomic E-state index is -0.673. The van der Waals surface area contributed by atoms with Crippen LogP contribution in [0.4, 0.5) is 5.69 Å². The minimum absolute atomic E-state index is 0.382. The lowest BCUT2D eigenvalue weighted by molar-refractivity contribution is -0.136. The Morgan fingerprint density at radius 1 is 1.03 bits per heavy atom. The molecule has 2 aliphatic heterocycles. The Morgan fingerprint density at radius 3 is 2.56 bits per heavy atom. The molecule has 2 aliphatic rings. The summed E-state index contributed by atoms with van der Waals surface area (Å²) in [6, 6.07) is 13.6. The van der Waals surface area contributed by atoms with Gasteiger partial charge in [0.1, 0.15) is 13.2 Å². The van der Waals surface area contributed by atoms with Crippen LogP contribution in [-0.2, 0) is 16.1 Å². The summed E-state index contributed by atoms with van der Waals surface area (Å²) in [7, 11) is 0. The van der Waals surface area contributed by atoms with Crippen LogP contribution in [0.3, 0.4) is 0 Å². The molecular formula is C24H29N3O4S. The molecule has 0 saturated carbocycles. The number of thioether (sulfide) groups is 1. The molecule has 0 unspecified atom stereocenters. The summed E-state index contributed by atoms with van der Waals surface area (Å²) in [4.78, 5) is 28.3. The van der Waals surface area contributed by atoms with Gasteiger partial charge in [0, 0.05) is 29.7 Å². The van der Waals surface area contributed by atoms with Crippen molar-refractivity contribution in [1.82, 2.24) is 10.2 Å². The number of carbonyl (C=O) groups excluding carboxylic acids is 2. The van der Waals surface area contributed by atoms with Crippen LogP contribution in [0.1, 0.15) is 18.4 Å². The number of rotatable bonds is 6. The van der Waals surface area contributed by atoms with E-state index >= 15 is 0 Å². The first-order valence-electron chi connectivity index (χ1n) is 11.0. The molecule has 7 nitrogen and oxygen atoms in total. The van der Waals surface area contributed by atoms with Crippen LogP contribution in [0.15, 0.2) is 47.4 Å². The van der Waals surface area contributed by atoms with Crippen molar-refractivity contribution >= 4 is 29.3 Å². The molecule has 1 saturated heterocycles. The summed E-state index contributed by atoms with van der Waals surface area (Å²) < 4.78 is 11.0. The van der Waals surface area contributed by atoms with Crippen LogP contribution in [0.25, 0.3) is 0 Å². The van der Waals surface area contributed by atoms with E-state index < -0.39 is 11.8 Å². The SMILES string of the molecule is CSc1ccccc1CN1CCC(CNC(=O)C(=O)Nc2ccc3c(c2)OCCO3)CC1. The molecule has 170 valence electrons. The predicted molar refractivity (Wildman–Crippen MR) is 125 cm³/mol. The van der Waals surface area contributed by atoms with Gasteiger partial charge in [-0.15, -0.1) is 11.8 Å². The highest BCUT2D eigenvalue weighted by molar-refractivity contribution is 7.98. The van der Waals surface area contributed by atoms with Crippen molar-refractivity contribution in [3.8, 4) is 11.5 Å². The van der Waals surface area contributed by atoms with Crippen molar-refractivity contribution in [2.75, 3.05) is 44.4 Å². The van der Waals surface area contributed by atoms with E-state index in [9.17, 15) is 9.59 Å². The lowest BCUT2D eigenvalue weighted by Crippen LogP contribution is -2.41. The molecule has 0 atom stereocenters. The van der Waals surface area contributed by atoms with Crippen LogP contribution in [0, 0.1) is 5.92 Å². The average Bonchev–Trinajstić information content (AvgIpc) is 2.83. The third-order valence-electron chi connectivity index (χ3n) is 5.85. The number of hydrogen-bond donors (Lipinski definition) is 2. The molecule has 2 N–H and O–H groups in total. The fourth-order valence-electron chi connectivity index (χ4n) is 4.05. The van der Waals surface area contributed by atoms with Crippen molar-refractivity contribution in [3.63, 3.8) is 0 Å². The quantitative estimate of drug-likeness (QED) is 0.515. The number of likely N-dealkylation sites (tertiary alicyclic amines) is 1. The summed E-state index contributed by atoms with van der Waals surface area (Å²) in [5, 5.41) is 5.42. The number of nitrogens with one attached hydrogen (secondary N) is 2. The van der Waals surface area contributed by atoms with E-state index in [4.69, 9.17) is 9.47 Å². The zero-order chi connectivity index (χ0) is 22.3. The molecule has 0 radical (unpaired) electrons. The molecular weight excluding hydrogens is 426 g/mol. The van der Waals surface area contributed by atoms with E-state index in [0.29, 0.717) is 42.9 Å². The van der Waals surface area contributed by atoms with Crippen molar-refractivity contribution in [2.24, 2.45) is 5.92 Å². The van der Waals surface area contributed by atoms with E-state index in [1.165, 1.54) is 10.5 Å². The highest BCUT2D eigenvalue weighted by Gasteiger charge is 2.22. The zero-order valence-electron chi connectivity index (χ0n) is 18.3. The van der Waals surface area contributed by atoms with Crippen molar-refractivity contribution in [1.29, 1.82) is 0 Å². The van der Waals surface area contributed by atoms with Crippen LogP contribution >= 0.6 is 11.8 Å². The summed E-state index contributed by atoms with van der Waals surface area (Å²) >= 11 is 1.78. The Balaban J connectivity index is 1.20. The first-order chi connectivity index (χ1) is 15.6. The fourth-order valence-corrected chi connectivity index (χ4v) is 4.66. The number of fused-ring (bicyclic) bond motifs is 1. The second-order valence-corrected chi connectivity index (χ2v) is 8.90. The minimum Gasteiger partial charge on any atom is -0.486 e. The smallest absolute Gasteiger partial charge is 0.313 e. The summed E-state index contributed by atoms with van der Waals surface area (Å²) in [5.41, 5.74) is 1.87. The molecule has 1 fully saturated rings. The maximum atomic E-state index is 12.3. The number of hydrogen-bond acceptors (Lipinski definition) is 6. The summed E-state index contributed by atoms with van der Waals surface area (Å²) in [6.07, 6.45) is 4.12. The van der Waals surface area contributed by atoms with Crippen LogP contribution in [0.2, 0.25) is 0 Å². The predicted octanol–water partition coefficient (Wildman–Crippen LogP) is 3.15. The number of piperidine rings is 1. The highest BCUT2D eigenvalue weighted by Crippen LogP contribution is 2.32. The Labute approximate surface area is 192 Å². The van der Waals surface area contributed by atoms with Gasteiger partial charge in [0.2, 0.25) is 0 Å². The molecule has 2 aromatic carbocycles. The molecule has 0 spiro atoms. The lowest BCUT2D eigenvalue weighted by Gasteiger charge is -2.32. The maximum absolute atomic E-state index is 12.3. The van der Waals surface area contributed by atoms with Gasteiger partial charge in [0.25, 0.3) is 0 Å². The number of amides is 2. The van der Waals surface area contributed by atoms with Crippen molar-refractivity contribution in [3.05, 3.63) is 48.0 Å². The average molecular weight is 456 g/mol. The first-order valence-corrected chi connectivity index (χ1v) is 12.2. The van der Waals surface area contributed by atoms with Crippen LogP contribution < -0.4 is 20.1 Å². The second-order valence-electron chi connectivity index (χ2n) is 8.05. The number of anilines is 1. The van der Waals surface area contributed by atoms with Crippen molar-refractivity contribution in [2.45, 2.75) is 24.3 Å². The second kappa shape index (κ2) is 10.7. The Kier molecular flexibility index (Phi) is 7.55. The van der Waals surface area contributed by atoms with Gasteiger partial charge in [0.15, 0.2) is 11.5 Å². The highest BCUT2D eigenvalue weighted by atomic mass is 32.2. The molecule has 2 aromatic rings. The third kappa shape index (κ3) is 5.75. The van der Waals surface area contributed by atoms with Gasteiger partial charge in [-0.05, 0) is 61.9 Å². The molecule has 4 rings (SSSR count). The van der Waals surface area contributed by atoms with Crippen LogP contribution in [-0.4, -0.2) is 55.8 Å². The van der Waals surface area contributed by atoms with Gasteiger partial charge in [-0.1, -0.05) is 18.2 Å². The van der Waals surface area contributed by atoms with Gasteiger partial charge in [0.05, 0.1) is 0 Å². The lowest BCUT2D eigenvalue weighted by atomic mass is 9.96. The van der Waals surface area contributed by atoms with Gasteiger partial charge >= 0.3 is 11.8 Å². The maximum Gasteiger partial charge on any atom is 0.313 e. The normalized spacial score (nSPS) is 16.4. The van der Waals surface area contributed by atoms with E-state index in [-0.39, 0.29) is 0 Å². The molecule has 0 aliphatic carbocycles. The van der Waals surface area contributed by atoms with E-state index in [1.807, 2.05) is 0 Å². The third-order valence-corrected chi connectivity index (χ3v) is 6.69. The first kappa shape index (κ1) is 22.5. The van der Waals surface area contributed by atoms with Crippen molar-refractivity contribution < 1.29 is 19.1 Å². The Hall–Kier alpha value is -2.71. The van der Waals surface area contributed by atoms with Gasteiger partial charge in [-0.25, -0.2) is 0 Å². The summed E-state index contributed by atoms with van der Waals surface area (Å²) in [6.45, 7) is 4.43. The molecule has 0 aromatic heterocycles. The molecule has 8 heteroatoms. The molecule has 32 heavy (non-hydrogen) atoms. The number of nitrogens with zero attached hydrogens (tertiary/aromatic N) is 1. The monoisotopic (exact) mass is 455 g/mol. The standard InChI is InChI=1S/C24H29N3O4S/c1-32-22-5-3-2-4-18(22)16-27-10-8-17(9-11-27)15-25-23(28)24(29)26-19-6-7-20-21(14-19)31-13-12-30-20/h2-7,14,17H,8-13,15-16H2,1H3,(H,25,28)(H,26,29). The van der Waals surface area contributed by atoms with E-state index in [0.717, 1.165) is 32.5 Å². The fraction of sp³-hybridized carbons (Fsp3) is 0.417. The molecule has 2 amide bonds. The largest absolute Gasteiger partial charge is 0.486 e. The van der Waals surface area contributed by atoms with Crippen LogP contribution in [0.5, 0.6) is 11.5 Å². The zero-order valence-corrected chi connectivity index (χ0v) is 19.1. The summed E-state index contributed by atoms with van der Waals surface area (Å²) in [5.74, 6) is 0.306. The molecule has 0 bridgehead atoms. The molecule has 2 heterocycles. The number of carbonyl (C=O) groups is 2. The number of benzene rings is 2. The number of ether oxygens (including phenoxy) is 2.